The Labute approximate surface area is 137 Å². The van der Waals surface area contributed by atoms with Crippen LogP contribution < -0.4 is 5.32 Å². The smallest absolute Gasteiger partial charge is 0.148 e. The van der Waals surface area contributed by atoms with Crippen molar-refractivity contribution in [2.24, 2.45) is 7.05 Å². The molecule has 0 atom stereocenters. The highest BCUT2D eigenvalue weighted by Gasteiger charge is 2.32. The quantitative estimate of drug-likeness (QED) is 0.855. The van der Waals surface area contributed by atoms with Crippen LogP contribution in [0, 0.1) is 0 Å². The van der Waals surface area contributed by atoms with E-state index in [0.29, 0.717) is 6.54 Å². The van der Waals surface area contributed by atoms with Gasteiger partial charge in [-0.2, -0.15) is 5.10 Å². The molecule has 3 rings (SSSR count). The summed E-state index contributed by atoms with van der Waals surface area (Å²) in [4.78, 5) is 2.45. The van der Waals surface area contributed by atoms with Gasteiger partial charge in [0.05, 0.1) is 5.60 Å². The Kier molecular flexibility index (Phi) is 4.98. The standard InChI is InChI=1S/C18H26N4O/c1-21-11-8-17(20-21)19-15-18(23)9-13-22(14-10-18)12-7-16-5-3-2-4-6-16/h2-6,8,11,23H,7,9-10,12-15H2,1H3,(H,19,20). The molecule has 1 saturated heterocycles. The predicted molar refractivity (Wildman–Crippen MR) is 92.5 cm³/mol. The summed E-state index contributed by atoms with van der Waals surface area (Å²) in [5, 5.41) is 18.3. The molecule has 23 heavy (non-hydrogen) atoms. The van der Waals surface area contributed by atoms with Gasteiger partial charge in [-0.05, 0) is 24.8 Å². The number of nitrogens with one attached hydrogen (secondary N) is 1. The minimum absolute atomic E-state index is 0.566. The van der Waals surface area contributed by atoms with Gasteiger partial charge >= 0.3 is 0 Å². The van der Waals surface area contributed by atoms with Gasteiger partial charge in [0.1, 0.15) is 5.82 Å². The van der Waals surface area contributed by atoms with Crippen LogP contribution in [0.5, 0.6) is 0 Å². The number of aromatic nitrogens is 2. The maximum absolute atomic E-state index is 10.7. The van der Waals surface area contributed by atoms with E-state index in [4.69, 9.17) is 0 Å². The third-order valence-corrected chi connectivity index (χ3v) is 4.66. The first-order valence-corrected chi connectivity index (χ1v) is 8.35. The first-order valence-electron chi connectivity index (χ1n) is 8.35. The van der Waals surface area contributed by atoms with Crippen LogP contribution in [0.3, 0.4) is 0 Å². The Morgan fingerprint density at radius 2 is 1.91 bits per heavy atom. The first-order chi connectivity index (χ1) is 11.1. The van der Waals surface area contributed by atoms with Crippen molar-refractivity contribution in [1.82, 2.24) is 14.7 Å². The fraction of sp³-hybridized carbons (Fsp3) is 0.500. The molecule has 0 bridgehead atoms. The fourth-order valence-electron chi connectivity index (χ4n) is 3.07. The predicted octanol–water partition coefficient (Wildman–Crippen LogP) is 1.90. The number of aryl methyl sites for hydroxylation is 1. The molecule has 0 spiro atoms. The van der Waals surface area contributed by atoms with Crippen LogP contribution in [0.15, 0.2) is 42.6 Å². The number of benzene rings is 1. The summed E-state index contributed by atoms with van der Waals surface area (Å²) < 4.78 is 1.76. The van der Waals surface area contributed by atoms with E-state index in [1.54, 1.807) is 4.68 Å². The minimum Gasteiger partial charge on any atom is -0.388 e. The molecule has 0 aliphatic carbocycles. The Morgan fingerprint density at radius 1 is 1.17 bits per heavy atom. The second-order valence-electron chi connectivity index (χ2n) is 6.53. The average molecular weight is 314 g/mol. The number of aliphatic hydroxyl groups is 1. The molecule has 0 amide bonds. The van der Waals surface area contributed by atoms with E-state index in [2.05, 4.69) is 45.6 Å². The molecule has 2 heterocycles. The van der Waals surface area contributed by atoms with Crippen molar-refractivity contribution in [2.45, 2.75) is 24.9 Å². The van der Waals surface area contributed by atoms with Crippen LogP contribution in [-0.2, 0) is 13.5 Å². The Hall–Kier alpha value is -1.85. The van der Waals surface area contributed by atoms with E-state index in [9.17, 15) is 5.11 Å². The summed E-state index contributed by atoms with van der Waals surface area (Å²) in [6, 6.07) is 12.5. The molecule has 2 aromatic rings. The van der Waals surface area contributed by atoms with Gasteiger partial charge in [-0.25, -0.2) is 0 Å². The van der Waals surface area contributed by atoms with Crippen LogP contribution >= 0.6 is 0 Å². The molecule has 1 fully saturated rings. The fourth-order valence-corrected chi connectivity index (χ4v) is 3.07. The van der Waals surface area contributed by atoms with Gasteiger partial charge in [-0.1, -0.05) is 30.3 Å². The Bertz CT molecular complexity index is 602. The molecule has 0 saturated carbocycles. The normalized spacial score (nSPS) is 18.0. The highest BCUT2D eigenvalue weighted by atomic mass is 16.3. The van der Waals surface area contributed by atoms with Gasteiger partial charge in [0.15, 0.2) is 0 Å². The number of anilines is 1. The highest BCUT2D eigenvalue weighted by Crippen LogP contribution is 2.23. The lowest BCUT2D eigenvalue weighted by atomic mass is 9.91. The van der Waals surface area contributed by atoms with Gasteiger partial charge < -0.3 is 15.3 Å². The second-order valence-corrected chi connectivity index (χ2v) is 6.53. The van der Waals surface area contributed by atoms with Crippen LogP contribution in [0.2, 0.25) is 0 Å². The van der Waals surface area contributed by atoms with Gasteiger partial charge in [0.2, 0.25) is 0 Å². The zero-order valence-corrected chi connectivity index (χ0v) is 13.8. The monoisotopic (exact) mass is 314 g/mol. The van der Waals surface area contributed by atoms with E-state index >= 15 is 0 Å². The minimum atomic E-state index is -0.624. The maximum Gasteiger partial charge on any atom is 0.148 e. The number of hydrogen-bond donors (Lipinski definition) is 2. The number of hydrogen-bond acceptors (Lipinski definition) is 4. The van der Waals surface area contributed by atoms with Gasteiger partial charge in [0, 0.05) is 45.5 Å². The van der Waals surface area contributed by atoms with E-state index in [1.807, 2.05) is 19.3 Å². The number of piperidine rings is 1. The van der Waals surface area contributed by atoms with Crippen molar-refractivity contribution in [2.75, 3.05) is 31.5 Å². The van der Waals surface area contributed by atoms with E-state index in [0.717, 1.165) is 44.7 Å². The van der Waals surface area contributed by atoms with Crippen molar-refractivity contribution < 1.29 is 5.11 Å². The molecule has 5 heteroatoms. The van der Waals surface area contributed by atoms with Crippen molar-refractivity contribution in [1.29, 1.82) is 0 Å². The van der Waals surface area contributed by atoms with Gasteiger partial charge in [-0.3, -0.25) is 4.68 Å². The van der Waals surface area contributed by atoms with E-state index in [1.165, 1.54) is 5.56 Å². The number of nitrogens with zero attached hydrogens (tertiary/aromatic N) is 3. The molecular weight excluding hydrogens is 288 g/mol. The average Bonchev–Trinajstić information content (AvgIpc) is 2.99. The molecule has 1 aliphatic heterocycles. The molecular formula is C18H26N4O. The summed E-state index contributed by atoms with van der Waals surface area (Å²) in [6.07, 6.45) is 4.59. The first kappa shape index (κ1) is 16.0. The van der Waals surface area contributed by atoms with Gasteiger partial charge in [0.25, 0.3) is 0 Å². The molecule has 2 N–H and O–H groups in total. The highest BCUT2D eigenvalue weighted by molar-refractivity contribution is 5.32. The number of likely N-dealkylation sites (tertiary alicyclic amines) is 1. The molecule has 0 unspecified atom stereocenters. The zero-order valence-electron chi connectivity index (χ0n) is 13.8. The van der Waals surface area contributed by atoms with Crippen LogP contribution in [0.1, 0.15) is 18.4 Å². The topological polar surface area (TPSA) is 53.3 Å². The van der Waals surface area contributed by atoms with Crippen molar-refractivity contribution in [3.63, 3.8) is 0 Å². The second kappa shape index (κ2) is 7.15. The lowest BCUT2D eigenvalue weighted by molar-refractivity contribution is -0.00977. The molecule has 1 aromatic carbocycles. The van der Waals surface area contributed by atoms with E-state index < -0.39 is 5.60 Å². The third kappa shape index (κ3) is 4.56. The largest absolute Gasteiger partial charge is 0.388 e. The zero-order chi connectivity index (χ0) is 16.1. The number of rotatable bonds is 6. The molecule has 124 valence electrons. The van der Waals surface area contributed by atoms with Gasteiger partial charge in [-0.15, -0.1) is 0 Å². The summed E-state index contributed by atoms with van der Waals surface area (Å²) in [7, 11) is 1.89. The summed E-state index contributed by atoms with van der Waals surface area (Å²) in [5.41, 5.74) is 0.756. The Morgan fingerprint density at radius 3 is 2.57 bits per heavy atom. The van der Waals surface area contributed by atoms with Crippen LogP contribution in [0.4, 0.5) is 5.82 Å². The van der Waals surface area contributed by atoms with Crippen LogP contribution in [0.25, 0.3) is 0 Å². The van der Waals surface area contributed by atoms with Crippen molar-refractivity contribution in [3.8, 4) is 0 Å². The molecule has 1 aliphatic rings. The third-order valence-electron chi connectivity index (χ3n) is 4.66. The van der Waals surface area contributed by atoms with Crippen molar-refractivity contribution >= 4 is 5.82 Å². The van der Waals surface area contributed by atoms with Crippen molar-refractivity contribution in [3.05, 3.63) is 48.2 Å². The lowest BCUT2D eigenvalue weighted by Gasteiger charge is -2.38. The maximum atomic E-state index is 10.7. The van der Waals surface area contributed by atoms with E-state index in [-0.39, 0.29) is 0 Å². The molecule has 5 nitrogen and oxygen atoms in total. The summed E-state index contributed by atoms with van der Waals surface area (Å²) in [5.74, 6) is 0.826. The molecule has 0 radical (unpaired) electrons. The summed E-state index contributed by atoms with van der Waals surface area (Å²) in [6.45, 7) is 3.53. The lowest BCUT2D eigenvalue weighted by Crippen LogP contribution is -2.48. The molecule has 1 aromatic heterocycles. The summed E-state index contributed by atoms with van der Waals surface area (Å²) >= 11 is 0. The Balaban J connectivity index is 1.42. The van der Waals surface area contributed by atoms with Crippen LogP contribution in [-0.4, -0.2) is 51.6 Å². The SMILES string of the molecule is Cn1ccc(NCC2(O)CCN(CCc3ccccc3)CC2)n1.